The first-order chi connectivity index (χ1) is 17.8. The van der Waals surface area contributed by atoms with Crippen molar-refractivity contribution in [2.24, 2.45) is 5.41 Å². The van der Waals surface area contributed by atoms with E-state index >= 15 is 0 Å². The first-order valence-corrected chi connectivity index (χ1v) is 13.1. The van der Waals surface area contributed by atoms with Crippen molar-refractivity contribution >= 4 is 23.6 Å². The highest BCUT2D eigenvalue weighted by molar-refractivity contribution is 6.24. The van der Waals surface area contributed by atoms with Crippen LogP contribution in [0.2, 0.25) is 0 Å². The number of likely N-dealkylation sites (tertiary alicyclic amines) is 1. The fraction of sp³-hybridized carbons (Fsp3) is 0.448. The van der Waals surface area contributed by atoms with Crippen molar-refractivity contribution in [3.63, 3.8) is 0 Å². The summed E-state index contributed by atoms with van der Waals surface area (Å²) >= 11 is 0. The lowest BCUT2D eigenvalue weighted by Gasteiger charge is -2.47. The van der Waals surface area contributed by atoms with Gasteiger partial charge in [0, 0.05) is 38.1 Å². The Bertz CT molecular complexity index is 1300. The van der Waals surface area contributed by atoms with Crippen molar-refractivity contribution in [1.82, 2.24) is 15.1 Å². The summed E-state index contributed by atoms with van der Waals surface area (Å²) in [5, 5.41) is 2.24. The van der Waals surface area contributed by atoms with Crippen LogP contribution >= 0.6 is 0 Å². The molecule has 4 aliphatic rings. The fourth-order valence-electron chi connectivity index (χ4n) is 6.32. The topological polar surface area (TPSA) is 96.0 Å². The molecule has 0 aliphatic carbocycles. The van der Waals surface area contributed by atoms with E-state index in [2.05, 4.69) is 35.3 Å². The number of piperidine rings is 1. The zero-order valence-electron chi connectivity index (χ0n) is 21.0. The number of carbonyl (C=O) groups excluding carboxylic acids is 4. The van der Waals surface area contributed by atoms with Crippen molar-refractivity contribution in [2.45, 2.75) is 51.6 Å². The summed E-state index contributed by atoms with van der Waals surface area (Å²) in [5.41, 5.74) is 5.68. The Hall–Kier alpha value is -3.36. The quantitative estimate of drug-likeness (QED) is 0.611. The van der Waals surface area contributed by atoms with Crippen LogP contribution in [0.5, 0.6) is 0 Å². The van der Waals surface area contributed by atoms with Crippen LogP contribution in [0, 0.1) is 12.3 Å². The van der Waals surface area contributed by atoms with Crippen LogP contribution in [0.25, 0.3) is 0 Å². The number of imide groups is 2. The van der Waals surface area contributed by atoms with E-state index in [0.717, 1.165) is 49.7 Å². The summed E-state index contributed by atoms with van der Waals surface area (Å²) in [6.07, 6.45) is 2.78. The molecule has 8 nitrogen and oxygen atoms in total. The minimum absolute atomic E-state index is 0.110. The van der Waals surface area contributed by atoms with Gasteiger partial charge in [0.25, 0.3) is 11.8 Å². The van der Waals surface area contributed by atoms with Gasteiger partial charge in [-0.25, -0.2) is 0 Å². The second-order valence-electron chi connectivity index (χ2n) is 11.0. The van der Waals surface area contributed by atoms with Gasteiger partial charge in [-0.3, -0.25) is 34.3 Å². The molecule has 2 aromatic carbocycles. The molecule has 4 heterocycles. The number of carbonyl (C=O) groups is 4. The third kappa shape index (κ3) is 4.28. The van der Waals surface area contributed by atoms with Crippen LogP contribution in [0.15, 0.2) is 36.4 Å². The summed E-state index contributed by atoms with van der Waals surface area (Å²) in [4.78, 5) is 53.8. The zero-order chi connectivity index (χ0) is 25.7. The molecule has 4 aliphatic heterocycles. The normalized spacial score (nSPS) is 22.9. The van der Waals surface area contributed by atoms with Gasteiger partial charge in [0.15, 0.2) is 0 Å². The Morgan fingerprint density at radius 3 is 2.59 bits per heavy atom. The van der Waals surface area contributed by atoms with Crippen molar-refractivity contribution in [1.29, 1.82) is 0 Å². The lowest BCUT2D eigenvalue weighted by atomic mass is 9.79. The predicted octanol–water partition coefficient (Wildman–Crippen LogP) is 2.40. The number of benzene rings is 2. The Labute approximate surface area is 215 Å². The predicted molar refractivity (Wildman–Crippen MR) is 135 cm³/mol. The maximum Gasteiger partial charge on any atom is 0.262 e. The number of nitrogens with zero attached hydrogens (tertiary/aromatic N) is 2. The van der Waals surface area contributed by atoms with Crippen LogP contribution < -0.4 is 5.32 Å². The number of ether oxygens (including phenoxy) is 1. The number of aryl methyl sites for hydroxylation is 3. The Morgan fingerprint density at radius 2 is 1.86 bits per heavy atom. The third-order valence-corrected chi connectivity index (χ3v) is 8.34. The van der Waals surface area contributed by atoms with Gasteiger partial charge in [-0.2, -0.15) is 0 Å². The van der Waals surface area contributed by atoms with Crippen LogP contribution in [-0.4, -0.2) is 65.8 Å². The second-order valence-corrected chi connectivity index (χ2v) is 11.0. The van der Waals surface area contributed by atoms with Crippen molar-refractivity contribution in [3.05, 3.63) is 69.8 Å². The summed E-state index contributed by atoms with van der Waals surface area (Å²) in [5.74, 6) is -1.88. The Kier molecular flexibility index (Phi) is 5.96. The smallest absolute Gasteiger partial charge is 0.262 e. The van der Waals surface area contributed by atoms with Crippen molar-refractivity contribution in [3.8, 4) is 0 Å². The van der Waals surface area contributed by atoms with Gasteiger partial charge in [0.05, 0.1) is 17.7 Å². The molecule has 0 aromatic heterocycles. The Balaban J connectivity index is 1.13. The standard InChI is InChI=1S/C29H31N3O5/c1-18-13-19(6-8-21(18)14-31-15-29(16-31)11-12-37-17-29)5-7-20-3-2-4-22-25(20)28(36)32(27(22)35)23-9-10-24(33)30-26(23)34/h2-4,6,8,13,23H,5,7,9-12,14-17H2,1H3,(H,30,33,34). The highest BCUT2D eigenvalue weighted by Gasteiger charge is 2.46. The van der Waals surface area contributed by atoms with Gasteiger partial charge in [-0.05, 0) is 60.9 Å². The summed E-state index contributed by atoms with van der Waals surface area (Å²) in [6, 6.07) is 10.9. The molecule has 1 atom stereocenters. The van der Waals surface area contributed by atoms with E-state index in [9.17, 15) is 19.2 Å². The molecule has 0 radical (unpaired) electrons. The summed E-state index contributed by atoms with van der Waals surface area (Å²) in [6.45, 7) is 7.09. The lowest BCUT2D eigenvalue weighted by Crippen LogP contribution is -2.56. The highest BCUT2D eigenvalue weighted by atomic mass is 16.5. The lowest BCUT2D eigenvalue weighted by molar-refractivity contribution is -0.136. The SMILES string of the molecule is Cc1cc(CCc2cccc3c2C(=O)N(C2CCC(=O)NC2=O)C3=O)ccc1CN1CC2(CCOC2)C1. The minimum atomic E-state index is -0.948. The first-order valence-electron chi connectivity index (χ1n) is 13.1. The number of hydrogen-bond donors (Lipinski definition) is 1. The fourth-order valence-corrected chi connectivity index (χ4v) is 6.32. The molecule has 0 bridgehead atoms. The molecule has 37 heavy (non-hydrogen) atoms. The van der Waals surface area contributed by atoms with E-state index in [0.29, 0.717) is 23.0 Å². The number of hydrogen-bond acceptors (Lipinski definition) is 6. The molecule has 4 amide bonds. The molecular weight excluding hydrogens is 470 g/mol. The van der Waals surface area contributed by atoms with Gasteiger partial charge in [0.2, 0.25) is 11.8 Å². The van der Waals surface area contributed by atoms with Gasteiger partial charge in [0.1, 0.15) is 6.04 Å². The van der Waals surface area contributed by atoms with E-state index in [1.165, 1.54) is 23.1 Å². The number of amides is 4. The molecular formula is C29H31N3O5. The molecule has 1 unspecified atom stereocenters. The van der Waals surface area contributed by atoms with E-state index in [4.69, 9.17) is 4.74 Å². The average Bonchev–Trinajstić information content (AvgIpc) is 3.43. The van der Waals surface area contributed by atoms with Crippen molar-refractivity contribution in [2.75, 3.05) is 26.3 Å². The molecule has 192 valence electrons. The monoisotopic (exact) mass is 501 g/mol. The third-order valence-electron chi connectivity index (χ3n) is 8.34. The van der Waals surface area contributed by atoms with Crippen LogP contribution in [0.4, 0.5) is 0 Å². The van der Waals surface area contributed by atoms with Crippen LogP contribution in [0.3, 0.4) is 0 Å². The Morgan fingerprint density at radius 1 is 1.03 bits per heavy atom. The highest BCUT2D eigenvalue weighted by Crippen LogP contribution is 2.39. The van der Waals surface area contributed by atoms with Crippen LogP contribution in [-0.2, 0) is 33.7 Å². The van der Waals surface area contributed by atoms with E-state index < -0.39 is 23.8 Å². The van der Waals surface area contributed by atoms with E-state index in [-0.39, 0.29) is 18.7 Å². The minimum Gasteiger partial charge on any atom is -0.381 e. The zero-order valence-corrected chi connectivity index (χ0v) is 21.0. The average molecular weight is 502 g/mol. The summed E-state index contributed by atoms with van der Waals surface area (Å²) < 4.78 is 5.59. The second kappa shape index (κ2) is 9.19. The molecule has 3 fully saturated rings. The van der Waals surface area contributed by atoms with E-state index in [1.54, 1.807) is 12.1 Å². The van der Waals surface area contributed by atoms with Crippen LogP contribution in [0.1, 0.15) is 62.2 Å². The molecule has 2 aromatic rings. The molecule has 8 heteroatoms. The largest absolute Gasteiger partial charge is 0.381 e. The molecule has 1 spiro atoms. The number of nitrogens with one attached hydrogen (secondary N) is 1. The van der Waals surface area contributed by atoms with Gasteiger partial charge in [-0.15, -0.1) is 0 Å². The molecule has 0 saturated carbocycles. The van der Waals surface area contributed by atoms with Gasteiger partial charge >= 0.3 is 0 Å². The molecule has 6 rings (SSSR count). The molecule has 1 N–H and O–H groups in total. The number of fused-ring (bicyclic) bond motifs is 1. The van der Waals surface area contributed by atoms with Gasteiger partial charge in [-0.1, -0.05) is 30.3 Å². The van der Waals surface area contributed by atoms with Crippen molar-refractivity contribution < 1.29 is 23.9 Å². The maximum absolute atomic E-state index is 13.3. The summed E-state index contributed by atoms with van der Waals surface area (Å²) in [7, 11) is 0. The first kappa shape index (κ1) is 24.0. The van der Waals surface area contributed by atoms with E-state index in [1.807, 2.05) is 6.07 Å². The van der Waals surface area contributed by atoms with Gasteiger partial charge < -0.3 is 4.74 Å². The maximum atomic E-state index is 13.3. The molecule has 3 saturated heterocycles. The number of rotatable bonds is 6.